The van der Waals surface area contributed by atoms with E-state index in [0.717, 1.165) is 4.48 Å². The number of quaternary nitrogens is 1. The minimum absolute atomic E-state index is 1.13. The minimum atomic E-state index is 1.13. The Hall–Kier alpha value is -0.300. The summed E-state index contributed by atoms with van der Waals surface area (Å²) in [5.41, 5.74) is 0. The molecule has 0 aromatic rings. The first-order chi connectivity index (χ1) is 6.74. The molecular weight excluding hydrogens is 170 g/mol. The number of hydrogen-bond donors (Lipinski definition) is 0. The first-order valence-electron chi connectivity index (χ1n) is 6.24. The maximum atomic E-state index is 4.02. The molecule has 0 atom stereocenters. The Morgan fingerprint density at radius 1 is 0.857 bits per heavy atom. The van der Waals surface area contributed by atoms with Crippen LogP contribution in [0.15, 0.2) is 12.8 Å². The lowest BCUT2D eigenvalue weighted by atomic mass is 10.2. The van der Waals surface area contributed by atoms with Gasteiger partial charge in [0.15, 0.2) is 0 Å². The average molecular weight is 198 g/mol. The van der Waals surface area contributed by atoms with Gasteiger partial charge in [-0.1, -0.05) is 27.2 Å². The van der Waals surface area contributed by atoms with Gasteiger partial charge in [0.1, 0.15) is 0 Å². The molecule has 0 fully saturated rings. The highest BCUT2D eigenvalue weighted by molar-refractivity contribution is 4.58. The molecule has 0 spiro atoms. The lowest BCUT2D eigenvalue weighted by Crippen LogP contribution is -2.44. The van der Waals surface area contributed by atoms with Gasteiger partial charge in [-0.2, -0.15) is 0 Å². The fraction of sp³-hybridized carbons (Fsp3) is 0.846. The Morgan fingerprint density at radius 3 is 1.79 bits per heavy atom. The summed E-state index contributed by atoms with van der Waals surface area (Å²) in [4.78, 5) is 0. The SMILES string of the molecule is C=C[N+](CCC)(CCC)CCCCC. The Labute approximate surface area is 90.4 Å². The summed E-state index contributed by atoms with van der Waals surface area (Å²) in [6, 6.07) is 0. The van der Waals surface area contributed by atoms with Crippen molar-refractivity contribution < 1.29 is 4.48 Å². The van der Waals surface area contributed by atoms with Crippen molar-refractivity contribution in [1.82, 2.24) is 0 Å². The Balaban J connectivity index is 4.10. The molecule has 0 unspecified atom stereocenters. The molecule has 0 radical (unpaired) electrons. The molecule has 0 aliphatic carbocycles. The summed E-state index contributed by atoms with van der Waals surface area (Å²) in [6.07, 6.45) is 8.72. The highest BCUT2D eigenvalue weighted by Crippen LogP contribution is 2.13. The Bertz CT molecular complexity index is 134. The van der Waals surface area contributed by atoms with Crippen molar-refractivity contribution in [2.24, 2.45) is 0 Å². The van der Waals surface area contributed by atoms with Crippen molar-refractivity contribution >= 4 is 0 Å². The zero-order valence-corrected chi connectivity index (χ0v) is 10.4. The van der Waals surface area contributed by atoms with Crippen LogP contribution in [0.2, 0.25) is 0 Å². The molecule has 0 aromatic carbocycles. The van der Waals surface area contributed by atoms with Gasteiger partial charge in [-0.05, 0) is 32.3 Å². The predicted octanol–water partition coefficient (Wildman–Crippen LogP) is 3.96. The summed E-state index contributed by atoms with van der Waals surface area (Å²) in [7, 11) is 0. The monoisotopic (exact) mass is 198 g/mol. The van der Waals surface area contributed by atoms with Gasteiger partial charge < -0.3 is 0 Å². The molecule has 0 saturated heterocycles. The van der Waals surface area contributed by atoms with E-state index in [1.807, 2.05) is 0 Å². The summed E-state index contributed by atoms with van der Waals surface area (Å²) in [6.45, 7) is 14.6. The molecular formula is C13H28N+. The average Bonchev–Trinajstić information content (AvgIpc) is 2.19. The third-order valence-corrected chi connectivity index (χ3v) is 2.93. The smallest absolute Gasteiger partial charge is 0.0885 e. The van der Waals surface area contributed by atoms with Crippen LogP contribution < -0.4 is 0 Å². The molecule has 0 aliphatic rings. The quantitative estimate of drug-likeness (QED) is 0.388. The molecule has 0 saturated carbocycles. The van der Waals surface area contributed by atoms with Crippen molar-refractivity contribution in [3.8, 4) is 0 Å². The minimum Gasteiger partial charge on any atom is -0.298 e. The van der Waals surface area contributed by atoms with Crippen molar-refractivity contribution in [2.75, 3.05) is 19.6 Å². The van der Waals surface area contributed by atoms with Crippen LogP contribution in [0.4, 0.5) is 0 Å². The standard InChI is InChI=1S/C13H28N/c1-5-9-10-13-14(8-4,11-6-2)12-7-3/h8H,4-7,9-13H2,1-3H3/q+1. The lowest BCUT2D eigenvalue weighted by Gasteiger charge is -2.34. The highest BCUT2D eigenvalue weighted by atomic mass is 15.3. The van der Waals surface area contributed by atoms with E-state index in [-0.39, 0.29) is 0 Å². The van der Waals surface area contributed by atoms with Gasteiger partial charge in [-0.15, -0.1) is 0 Å². The van der Waals surface area contributed by atoms with Crippen LogP contribution in [-0.2, 0) is 0 Å². The largest absolute Gasteiger partial charge is 0.298 e. The molecule has 0 rings (SSSR count). The van der Waals surface area contributed by atoms with Gasteiger partial charge in [0.2, 0.25) is 0 Å². The molecule has 0 N–H and O–H groups in total. The molecule has 0 amide bonds. The van der Waals surface area contributed by atoms with E-state index in [1.165, 1.54) is 51.7 Å². The van der Waals surface area contributed by atoms with Gasteiger partial charge in [0.25, 0.3) is 0 Å². The van der Waals surface area contributed by atoms with E-state index in [1.54, 1.807) is 0 Å². The van der Waals surface area contributed by atoms with E-state index >= 15 is 0 Å². The second-order valence-corrected chi connectivity index (χ2v) is 4.28. The zero-order valence-electron chi connectivity index (χ0n) is 10.4. The number of rotatable bonds is 9. The van der Waals surface area contributed by atoms with E-state index in [0.29, 0.717) is 0 Å². The third-order valence-electron chi connectivity index (χ3n) is 2.93. The molecule has 0 heterocycles. The van der Waals surface area contributed by atoms with Crippen molar-refractivity contribution in [1.29, 1.82) is 0 Å². The first kappa shape index (κ1) is 13.7. The second-order valence-electron chi connectivity index (χ2n) is 4.28. The molecule has 84 valence electrons. The molecule has 0 bridgehead atoms. The normalized spacial score (nSPS) is 11.6. The fourth-order valence-corrected chi connectivity index (χ4v) is 2.18. The first-order valence-corrected chi connectivity index (χ1v) is 6.24. The zero-order chi connectivity index (χ0) is 10.9. The van der Waals surface area contributed by atoms with Crippen LogP contribution in [0, 0.1) is 0 Å². The molecule has 0 aromatic heterocycles. The van der Waals surface area contributed by atoms with E-state index in [4.69, 9.17) is 0 Å². The number of unbranched alkanes of at least 4 members (excludes halogenated alkanes) is 2. The van der Waals surface area contributed by atoms with Crippen LogP contribution >= 0.6 is 0 Å². The summed E-state index contributed by atoms with van der Waals surface area (Å²) >= 11 is 0. The van der Waals surface area contributed by atoms with Crippen molar-refractivity contribution in [2.45, 2.75) is 52.9 Å². The predicted molar refractivity (Wildman–Crippen MR) is 65.2 cm³/mol. The van der Waals surface area contributed by atoms with Crippen LogP contribution in [0.25, 0.3) is 0 Å². The Morgan fingerprint density at radius 2 is 1.43 bits per heavy atom. The highest BCUT2D eigenvalue weighted by Gasteiger charge is 2.20. The summed E-state index contributed by atoms with van der Waals surface area (Å²) in [5, 5.41) is 0. The van der Waals surface area contributed by atoms with Gasteiger partial charge in [0, 0.05) is 0 Å². The molecule has 1 heteroatoms. The maximum absolute atomic E-state index is 4.02. The van der Waals surface area contributed by atoms with Crippen molar-refractivity contribution in [3.63, 3.8) is 0 Å². The van der Waals surface area contributed by atoms with Crippen LogP contribution in [0.5, 0.6) is 0 Å². The van der Waals surface area contributed by atoms with Crippen molar-refractivity contribution in [3.05, 3.63) is 12.8 Å². The maximum Gasteiger partial charge on any atom is 0.0885 e. The van der Waals surface area contributed by atoms with Gasteiger partial charge in [0.05, 0.1) is 25.8 Å². The summed E-state index contributed by atoms with van der Waals surface area (Å²) in [5.74, 6) is 0. The number of hydrogen-bond acceptors (Lipinski definition) is 0. The van der Waals surface area contributed by atoms with Gasteiger partial charge in [-0.3, -0.25) is 4.48 Å². The van der Waals surface area contributed by atoms with Crippen LogP contribution in [-0.4, -0.2) is 24.1 Å². The van der Waals surface area contributed by atoms with Crippen LogP contribution in [0.1, 0.15) is 52.9 Å². The van der Waals surface area contributed by atoms with Gasteiger partial charge in [-0.25, -0.2) is 0 Å². The fourth-order valence-electron chi connectivity index (χ4n) is 2.18. The summed E-state index contributed by atoms with van der Waals surface area (Å²) < 4.78 is 1.13. The van der Waals surface area contributed by atoms with E-state index in [9.17, 15) is 0 Å². The van der Waals surface area contributed by atoms with Crippen LogP contribution in [0.3, 0.4) is 0 Å². The topological polar surface area (TPSA) is 0 Å². The molecule has 0 aliphatic heterocycles. The van der Waals surface area contributed by atoms with Gasteiger partial charge >= 0.3 is 0 Å². The molecule has 14 heavy (non-hydrogen) atoms. The second kappa shape index (κ2) is 8.05. The van der Waals surface area contributed by atoms with E-state index < -0.39 is 0 Å². The Kier molecular flexibility index (Phi) is 7.87. The lowest BCUT2D eigenvalue weighted by molar-refractivity contribution is -0.879. The third kappa shape index (κ3) is 4.80. The molecule has 1 nitrogen and oxygen atoms in total. The van der Waals surface area contributed by atoms with E-state index in [2.05, 4.69) is 33.6 Å². The number of nitrogens with zero attached hydrogens (tertiary/aromatic N) is 1.